The van der Waals surface area contributed by atoms with Gasteiger partial charge in [0.15, 0.2) is 17.4 Å². The van der Waals surface area contributed by atoms with E-state index >= 15 is 0 Å². The van der Waals surface area contributed by atoms with Crippen LogP contribution in [0, 0.1) is 17.8 Å². The number of rotatable bonds is 4. The number of alkyl halides is 6. The fourth-order valence-corrected chi connectivity index (χ4v) is 7.10. The molecule has 1 aromatic heterocycles. The second kappa shape index (κ2) is 11.0. The molecule has 4 unspecified atom stereocenters. The smallest absolute Gasteiger partial charge is 0.508 e. The quantitative estimate of drug-likeness (QED) is 0.185. The number of benzene rings is 1. The number of fused-ring (bicyclic) bond motifs is 3. The van der Waals surface area contributed by atoms with Crippen molar-refractivity contribution in [3.63, 3.8) is 0 Å². The SMILES string of the molecule is CC1=CC(=O)C2=C(C1=O)C(c1cc(OC(F)(F)F)ccc1O)C1=CCC3C(=O)N(N(C)c4nc(C(F)(F)F)ccc4Cl)C(=O)C3C1C2. The summed E-state index contributed by atoms with van der Waals surface area (Å²) in [6.07, 6.45) is -7.62. The zero-order chi connectivity index (χ0) is 34.3. The lowest BCUT2D eigenvalue weighted by Gasteiger charge is -2.42. The number of carbonyl (C=O) groups is 4. The average Bonchev–Trinajstić information content (AvgIpc) is 3.24. The Morgan fingerprint density at radius 1 is 1.02 bits per heavy atom. The molecule has 1 N–H and O–H groups in total. The Kier molecular flexibility index (Phi) is 7.53. The normalized spacial score (nSPS) is 24.5. The number of ether oxygens (including phenoxy) is 1. The molecule has 2 aromatic rings. The number of imide groups is 1. The number of aromatic hydroxyl groups is 1. The first-order valence-corrected chi connectivity index (χ1v) is 14.4. The number of phenolic OH excluding ortho intramolecular Hbond substituents is 1. The van der Waals surface area contributed by atoms with Crippen molar-refractivity contribution in [2.45, 2.75) is 38.2 Å². The largest absolute Gasteiger partial charge is 0.573 e. The molecule has 2 amide bonds. The highest BCUT2D eigenvalue weighted by atomic mass is 35.5. The highest BCUT2D eigenvalue weighted by Gasteiger charge is 2.58. The zero-order valence-electron chi connectivity index (χ0n) is 24.2. The molecule has 0 spiro atoms. The van der Waals surface area contributed by atoms with Crippen LogP contribution in [0.3, 0.4) is 0 Å². The first kappa shape index (κ1) is 32.3. The van der Waals surface area contributed by atoms with E-state index in [2.05, 4.69) is 9.72 Å². The molecule has 6 rings (SSSR count). The first-order valence-electron chi connectivity index (χ1n) is 14.0. The number of hydrogen-bond donors (Lipinski definition) is 1. The van der Waals surface area contributed by atoms with Gasteiger partial charge >= 0.3 is 12.5 Å². The standard InChI is InChI=1S/C31H22ClF6N3O6/c1-12-9-21(43)18-11-16-14(23(25(18)26(12)44)17-10-13(3-7-20(17)42)47-31(36,37)38)4-5-15-24(16)29(46)41(28(15)45)40(2)27-19(32)6-8-22(39-27)30(33,34)35/h3-4,6-10,15-16,23-24,42H,5,11H2,1-2H3. The molecule has 4 aliphatic rings. The minimum absolute atomic E-state index is 0.0374. The summed E-state index contributed by atoms with van der Waals surface area (Å²) in [4.78, 5) is 58.1. The summed E-state index contributed by atoms with van der Waals surface area (Å²) in [5, 5.41) is 12.0. The van der Waals surface area contributed by atoms with E-state index in [0.29, 0.717) is 16.6 Å². The fraction of sp³-hybridized carbons (Fsp3) is 0.323. The molecule has 1 aromatic carbocycles. The molecule has 47 heavy (non-hydrogen) atoms. The molecule has 0 bridgehead atoms. The molecule has 9 nitrogen and oxygen atoms in total. The molecule has 16 heteroatoms. The lowest BCUT2D eigenvalue weighted by atomic mass is 9.59. The molecule has 1 fully saturated rings. The number of Topliss-reactive ketones (excluding diaryl/α,β-unsaturated/α-hetero) is 1. The van der Waals surface area contributed by atoms with Crippen molar-refractivity contribution < 1.29 is 55.4 Å². The number of carbonyl (C=O) groups excluding carboxylic acids is 4. The number of hydrazine groups is 1. The van der Waals surface area contributed by atoms with Crippen molar-refractivity contribution >= 4 is 40.8 Å². The van der Waals surface area contributed by atoms with Crippen LogP contribution in [-0.2, 0) is 25.4 Å². The van der Waals surface area contributed by atoms with Gasteiger partial charge in [-0.2, -0.15) is 18.2 Å². The number of allylic oxidation sites excluding steroid dienone is 6. The summed E-state index contributed by atoms with van der Waals surface area (Å²) in [5.41, 5.74) is -1.28. The lowest BCUT2D eigenvalue weighted by Crippen LogP contribution is -2.46. The van der Waals surface area contributed by atoms with Gasteiger partial charge in [0.2, 0.25) is 0 Å². The number of nitrogens with zero attached hydrogens (tertiary/aromatic N) is 3. The van der Waals surface area contributed by atoms with E-state index in [-0.39, 0.29) is 40.1 Å². The van der Waals surface area contributed by atoms with Gasteiger partial charge in [-0.25, -0.2) is 4.98 Å². The molecule has 0 saturated carbocycles. The molecule has 2 heterocycles. The van der Waals surface area contributed by atoms with Crippen molar-refractivity contribution in [3.8, 4) is 11.5 Å². The fourth-order valence-electron chi connectivity index (χ4n) is 6.87. The number of amides is 2. The average molecular weight is 682 g/mol. The van der Waals surface area contributed by atoms with Gasteiger partial charge in [0.25, 0.3) is 11.8 Å². The van der Waals surface area contributed by atoms with Gasteiger partial charge in [0.1, 0.15) is 17.2 Å². The monoisotopic (exact) mass is 681 g/mol. The van der Waals surface area contributed by atoms with Crippen LogP contribution in [0.15, 0.2) is 64.8 Å². The predicted molar refractivity (Wildman–Crippen MR) is 151 cm³/mol. The first-order chi connectivity index (χ1) is 21.9. The second-order valence-corrected chi connectivity index (χ2v) is 11.9. The highest BCUT2D eigenvalue weighted by molar-refractivity contribution is 6.33. The molecule has 4 atom stereocenters. The Bertz CT molecular complexity index is 1870. The van der Waals surface area contributed by atoms with Crippen molar-refractivity contribution in [1.29, 1.82) is 0 Å². The van der Waals surface area contributed by atoms with Crippen molar-refractivity contribution in [2.24, 2.45) is 17.8 Å². The molecule has 246 valence electrons. The Morgan fingerprint density at radius 3 is 2.38 bits per heavy atom. The third-order valence-electron chi connectivity index (χ3n) is 8.81. The number of pyridine rings is 1. The third kappa shape index (κ3) is 5.35. The van der Waals surface area contributed by atoms with Crippen molar-refractivity contribution in [2.75, 3.05) is 12.1 Å². The number of ketones is 2. The Morgan fingerprint density at radius 2 is 1.72 bits per heavy atom. The lowest BCUT2D eigenvalue weighted by molar-refractivity contribution is -0.274. The van der Waals surface area contributed by atoms with Crippen LogP contribution in [0.1, 0.15) is 36.9 Å². The molecular formula is C31H22ClF6N3O6. The maximum Gasteiger partial charge on any atom is 0.573 e. The minimum atomic E-state index is -5.09. The van der Waals surface area contributed by atoms with Gasteiger partial charge in [-0.15, -0.1) is 13.2 Å². The van der Waals surface area contributed by atoms with Crippen LogP contribution in [-0.4, -0.2) is 51.9 Å². The summed E-state index contributed by atoms with van der Waals surface area (Å²) in [7, 11) is 1.14. The van der Waals surface area contributed by atoms with E-state index in [1.807, 2.05) is 0 Å². The predicted octanol–water partition coefficient (Wildman–Crippen LogP) is 5.84. The summed E-state index contributed by atoms with van der Waals surface area (Å²) >= 11 is 6.13. The van der Waals surface area contributed by atoms with E-state index in [0.717, 1.165) is 42.4 Å². The van der Waals surface area contributed by atoms with E-state index in [1.165, 1.54) is 6.92 Å². The van der Waals surface area contributed by atoms with Gasteiger partial charge in [0, 0.05) is 35.2 Å². The Hall–Kier alpha value is -4.66. The Labute approximate surface area is 266 Å². The van der Waals surface area contributed by atoms with E-state index in [9.17, 15) is 50.6 Å². The maximum atomic E-state index is 14.1. The van der Waals surface area contributed by atoms with Crippen LogP contribution in [0.2, 0.25) is 5.02 Å². The van der Waals surface area contributed by atoms with Crippen LogP contribution < -0.4 is 9.75 Å². The zero-order valence-corrected chi connectivity index (χ0v) is 25.0. The molecule has 1 aliphatic heterocycles. The highest BCUT2D eigenvalue weighted by Crippen LogP contribution is 2.56. The molecule has 3 aliphatic carbocycles. The van der Waals surface area contributed by atoms with Crippen LogP contribution >= 0.6 is 11.6 Å². The van der Waals surface area contributed by atoms with Gasteiger partial charge in [-0.05, 0) is 62.1 Å². The minimum Gasteiger partial charge on any atom is -0.508 e. The van der Waals surface area contributed by atoms with Crippen LogP contribution in [0.5, 0.6) is 11.5 Å². The second-order valence-electron chi connectivity index (χ2n) is 11.5. The van der Waals surface area contributed by atoms with Gasteiger partial charge in [-0.3, -0.25) is 24.2 Å². The van der Waals surface area contributed by atoms with Gasteiger partial charge < -0.3 is 9.84 Å². The van der Waals surface area contributed by atoms with Crippen molar-refractivity contribution in [1.82, 2.24) is 9.99 Å². The molecule has 1 saturated heterocycles. The Balaban J connectivity index is 1.45. The summed E-state index contributed by atoms with van der Waals surface area (Å²) in [6.45, 7) is 1.39. The number of hydrogen-bond acceptors (Lipinski definition) is 8. The molecule has 0 radical (unpaired) electrons. The number of aromatic nitrogens is 1. The topological polar surface area (TPSA) is 117 Å². The van der Waals surface area contributed by atoms with Crippen LogP contribution in [0.4, 0.5) is 32.2 Å². The number of anilines is 1. The van der Waals surface area contributed by atoms with Crippen molar-refractivity contribution in [3.05, 3.63) is 81.1 Å². The van der Waals surface area contributed by atoms with Crippen LogP contribution in [0.25, 0.3) is 0 Å². The van der Waals surface area contributed by atoms with Gasteiger partial charge in [0.05, 0.1) is 16.9 Å². The number of phenols is 1. The third-order valence-corrected chi connectivity index (χ3v) is 9.10. The summed E-state index contributed by atoms with van der Waals surface area (Å²) < 4.78 is 83.7. The van der Waals surface area contributed by atoms with E-state index in [1.54, 1.807) is 6.08 Å². The number of halogens is 7. The summed E-state index contributed by atoms with van der Waals surface area (Å²) in [6, 6.07) is 4.26. The van der Waals surface area contributed by atoms with E-state index < -0.39 is 82.6 Å². The van der Waals surface area contributed by atoms with E-state index in [4.69, 9.17) is 11.6 Å². The molecular weight excluding hydrogens is 660 g/mol. The van der Waals surface area contributed by atoms with Gasteiger partial charge in [-0.1, -0.05) is 23.3 Å². The maximum absolute atomic E-state index is 14.1. The summed E-state index contributed by atoms with van der Waals surface area (Å²) in [5.74, 6) is -9.08.